The van der Waals surface area contributed by atoms with E-state index in [1.54, 1.807) is 13.2 Å². The number of aromatic nitrogens is 2. The number of nitrogens with two attached hydrogens (primary N) is 1. The second-order valence-electron chi connectivity index (χ2n) is 3.07. The molecule has 16 heavy (non-hydrogen) atoms. The van der Waals surface area contributed by atoms with Gasteiger partial charge in [0.15, 0.2) is 0 Å². The minimum atomic E-state index is 0.180. The van der Waals surface area contributed by atoms with E-state index in [9.17, 15) is 0 Å². The molecule has 2 aromatic rings. The monoisotopic (exact) mass is 215 g/mol. The molecule has 0 fully saturated rings. The summed E-state index contributed by atoms with van der Waals surface area (Å²) in [6, 6.07) is 9.15. The zero-order valence-corrected chi connectivity index (χ0v) is 8.77. The van der Waals surface area contributed by atoms with Crippen molar-refractivity contribution in [2.75, 3.05) is 18.2 Å². The maximum atomic E-state index is 5.46. The summed E-state index contributed by atoms with van der Waals surface area (Å²) in [6.07, 6.45) is 2.65. The molecule has 0 saturated carbocycles. The van der Waals surface area contributed by atoms with Gasteiger partial charge in [0, 0.05) is 6.07 Å². The Morgan fingerprint density at radius 2 is 2.19 bits per heavy atom. The smallest absolute Gasteiger partial charge is 0.222 e. The number of methoxy groups -OCH3 is 1. The molecule has 1 aromatic heterocycles. The second kappa shape index (κ2) is 4.48. The largest absolute Gasteiger partial charge is 0.495 e. The van der Waals surface area contributed by atoms with Gasteiger partial charge in [-0.25, -0.2) is 4.98 Å². The van der Waals surface area contributed by atoms with Crippen molar-refractivity contribution < 1.29 is 4.74 Å². The van der Waals surface area contributed by atoms with Gasteiger partial charge in [-0.05, 0) is 12.1 Å². The van der Waals surface area contributed by atoms with Crippen molar-refractivity contribution in [2.24, 2.45) is 0 Å². The molecule has 81 valence electrons. The van der Waals surface area contributed by atoms with Gasteiger partial charge >= 0.3 is 0 Å². The van der Waals surface area contributed by atoms with Crippen LogP contribution in [0.4, 0.5) is 17.5 Å². The van der Waals surface area contributed by atoms with Crippen LogP contribution in [0.1, 0.15) is 0 Å². The highest BCUT2D eigenvalue weighted by molar-refractivity contribution is 5.64. The summed E-state index contributed by atoms with van der Waals surface area (Å²) in [4.78, 5) is 7.71. The van der Waals surface area contributed by atoms with Crippen molar-refractivity contribution in [1.29, 1.82) is 0 Å². The second-order valence-corrected chi connectivity index (χ2v) is 3.07. The third kappa shape index (κ3) is 2.20. The van der Waals surface area contributed by atoms with Gasteiger partial charge in [0.05, 0.1) is 19.0 Å². The lowest BCUT2D eigenvalue weighted by Gasteiger charge is -2.09. The van der Waals surface area contributed by atoms with E-state index in [-0.39, 0.29) is 5.95 Å². The predicted octanol–water partition coefficient (Wildman–Crippen LogP) is 1.61. The zero-order chi connectivity index (χ0) is 11.4. The maximum absolute atomic E-state index is 5.46. The lowest BCUT2D eigenvalue weighted by atomic mass is 10.3. The summed E-state index contributed by atoms with van der Waals surface area (Å²) in [6.45, 7) is 0. The SMILES string of the molecule is COc1ccccc1Nc1c[c]nc(N)n1. The van der Waals surface area contributed by atoms with Gasteiger partial charge in [-0.1, -0.05) is 12.1 Å². The van der Waals surface area contributed by atoms with Crippen molar-refractivity contribution in [3.05, 3.63) is 36.5 Å². The number of nitrogens with zero attached hydrogens (tertiary/aromatic N) is 2. The lowest BCUT2D eigenvalue weighted by molar-refractivity contribution is 0.417. The molecule has 0 spiro atoms. The fourth-order valence-electron chi connectivity index (χ4n) is 1.29. The minimum absolute atomic E-state index is 0.180. The van der Waals surface area contributed by atoms with Crippen LogP contribution in [0.5, 0.6) is 5.75 Å². The highest BCUT2D eigenvalue weighted by Crippen LogP contribution is 2.25. The first-order valence-electron chi connectivity index (χ1n) is 4.70. The van der Waals surface area contributed by atoms with E-state index >= 15 is 0 Å². The quantitative estimate of drug-likeness (QED) is 0.813. The molecule has 1 heterocycles. The molecule has 0 aliphatic heterocycles. The van der Waals surface area contributed by atoms with Gasteiger partial charge in [-0.2, -0.15) is 4.98 Å². The van der Waals surface area contributed by atoms with Crippen LogP contribution in [0.15, 0.2) is 30.3 Å². The number of rotatable bonds is 3. The number of hydrogen-bond acceptors (Lipinski definition) is 5. The van der Waals surface area contributed by atoms with Crippen LogP contribution in [0, 0.1) is 6.20 Å². The van der Waals surface area contributed by atoms with Crippen LogP contribution in [0.2, 0.25) is 0 Å². The maximum Gasteiger partial charge on any atom is 0.222 e. The van der Waals surface area contributed by atoms with Crippen LogP contribution < -0.4 is 15.8 Å². The molecule has 0 aliphatic rings. The number of ether oxygens (including phenoxy) is 1. The van der Waals surface area contributed by atoms with E-state index in [2.05, 4.69) is 21.5 Å². The molecule has 0 atom stereocenters. The highest BCUT2D eigenvalue weighted by Gasteiger charge is 2.02. The standard InChI is InChI=1S/C11H11N4O/c1-16-9-5-3-2-4-8(9)14-10-6-7-13-11(12)15-10/h2-6H,1H3,(H3,12,13,14,15). The summed E-state index contributed by atoms with van der Waals surface area (Å²) < 4.78 is 5.20. The Morgan fingerprint density at radius 1 is 1.38 bits per heavy atom. The third-order valence-electron chi connectivity index (χ3n) is 1.99. The first kappa shape index (κ1) is 10.2. The normalized spacial score (nSPS) is 9.81. The van der Waals surface area contributed by atoms with Crippen molar-refractivity contribution in [3.8, 4) is 5.75 Å². The predicted molar refractivity (Wildman–Crippen MR) is 61.6 cm³/mol. The molecule has 1 aromatic carbocycles. The average Bonchev–Trinajstić information content (AvgIpc) is 2.30. The molecular weight excluding hydrogens is 204 g/mol. The van der Waals surface area contributed by atoms with Gasteiger partial charge in [0.2, 0.25) is 5.95 Å². The van der Waals surface area contributed by atoms with Crippen LogP contribution in [-0.2, 0) is 0 Å². The molecule has 5 nitrogen and oxygen atoms in total. The van der Waals surface area contributed by atoms with Crippen molar-refractivity contribution >= 4 is 17.5 Å². The lowest BCUT2D eigenvalue weighted by Crippen LogP contribution is -2.00. The van der Waals surface area contributed by atoms with Gasteiger partial charge in [-0.15, -0.1) is 0 Å². The van der Waals surface area contributed by atoms with Gasteiger partial charge in [0.1, 0.15) is 11.6 Å². The van der Waals surface area contributed by atoms with Gasteiger partial charge in [-0.3, -0.25) is 0 Å². The number of benzene rings is 1. The minimum Gasteiger partial charge on any atom is -0.495 e. The fraction of sp³-hybridized carbons (Fsp3) is 0.0909. The molecule has 1 radical (unpaired) electrons. The Balaban J connectivity index is 2.26. The summed E-state index contributed by atoms with van der Waals surface area (Å²) in [7, 11) is 1.61. The van der Waals surface area contributed by atoms with Gasteiger partial charge in [0.25, 0.3) is 0 Å². The zero-order valence-electron chi connectivity index (χ0n) is 8.77. The summed E-state index contributed by atoms with van der Waals surface area (Å²) >= 11 is 0. The highest BCUT2D eigenvalue weighted by atomic mass is 16.5. The van der Waals surface area contributed by atoms with E-state index in [4.69, 9.17) is 10.5 Å². The number of anilines is 3. The molecule has 0 amide bonds. The Morgan fingerprint density at radius 3 is 2.94 bits per heavy atom. The molecular formula is C11H11N4O. The van der Waals surface area contributed by atoms with E-state index in [1.807, 2.05) is 24.3 Å². The van der Waals surface area contributed by atoms with Crippen LogP contribution in [0.25, 0.3) is 0 Å². The molecule has 0 unspecified atom stereocenters. The summed E-state index contributed by atoms with van der Waals surface area (Å²) in [5.41, 5.74) is 6.27. The van der Waals surface area contributed by atoms with Crippen molar-refractivity contribution in [3.63, 3.8) is 0 Å². The number of para-hydroxylation sites is 2. The summed E-state index contributed by atoms with van der Waals surface area (Å²) in [5, 5.41) is 3.08. The van der Waals surface area contributed by atoms with Gasteiger partial charge < -0.3 is 15.8 Å². The molecule has 2 rings (SSSR count). The Hall–Kier alpha value is -2.30. The van der Waals surface area contributed by atoms with Crippen LogP contribution in [0.3, 0.4) is 0 Å². The Labute approximate surface area is 93.3 Å². The number of hydrogen-bond donors (Lipinski definition) is 2. The van der Waals surface area contributed by atoms with Crippen LogP contribution >= 0.6 is 0 Å². The first-order valence-corrected chi connectivity index (χ1v) is 4.70. The Bertz CT molecular complexity index is 487. The average molecular weight is 215 g/mol. The first-order chi connectivity index (χ1) is 7.79. The molecule has 3 N–H and O–H groups in total. The fourth-order valence-corrected chi connectivity index (χ4v) is 1.29. The van der Waals surface area contributed by atoms with Crippen molar-refractivity contribution in [1.82, 2.24) is 9.97 Å². The Kier molecular flexibility index (Phi) is 2.86. The van der Waals surface area contributed by atoms with Crippen molar-refractivity contribution in [2.45, 2.75) is 0 Å². The number of nitrogen functional groups attached to an aromatic ring is 1. The van der Waals surface area contributed by atoms with E-state index in [0.717, 1.165) is 11.4 Å². The third-order valence-corrected chi connectivity index (χ3v) is 1.99. The van der Waals surface area contributed by atoms with E-state index in [1.165, 1.54) is 0 Å². The molecule has 5 heteroatoms. The van der Waals surface area contributed by atoms with E-state index in [0.29, 0.717) is 5.82 Å². The topological polar surface area (TPSA) is 73.1 Å². The molecule has 0 bridgehead atoms. The van der Waals surface area contributed by atoms with E-state index < -0.39 is 0 Å². The molecule has 0 saturated heterocycles. The molecule has 0 aliphatic carbocycles. The summed E-state index contributed by atoms with van der Waals surface area (Å²) in [5.74, 6) is 1.50. The van der Waals surface area contributed by atoms with Crippen LogP contribution in [-0.4, -0.2) is 17.1 Å². The number of nitrogens with one attached hydrogen (secondary N) is 1.